The van der Waals surface area contributed by atoms with E-state index >= 15 is 0 Å². The molecule has 0 bridgehead atoms. The van der Waals surface area contributed by atoms with Gasteiger partial charge < -0.3 is 4.74 Å². The number of halogens is 2. The van der Waals surface area contributed by atoms with Crippen molar-refractivity contribution < 1.29 is 13.9 Å². The topological polar surface area (TPSA) is 26.3 Å². The average Bonchev–Trinajstić information content (AvgIpc) is 2.34. The smallest absolute Gasteiger partial charge is 0.163 e. The predicted octanol–water partition coefficient (Wildman–Crippen LogP) is 4.47. The molecule has 0 saturated carbocycles. The van der Waals surface area contributed by atoms with E-state index in [2.05, 4.69) is 0 Å². The molecule has 0 aliphatic rings. The zero-order chi connectivity index (χ0) is 13.1. The van der Waals surface area contributed by atoms with Gasteiger partial charge >= 0.3 is 0 Å². The van der Waals surface area contributed by atoms with Gasteiger partial charge in [0, 0.05) is 5.02 Å². The fourth-order valence-corrected chi connectivity index (χ4v) is 1.62. The fourth-order valence-electron chi connectivity index (χ4n) is 1.50. The molecule has 0 aliphatic carbocycles. The van der Waals surface area contributed by atoms with Crippen molar-refractivity contribution in [1.82, 2.24) is 0 Å². The van der Waals surface area contributed by atoms with Crippen LogP contribution in [0.2, 0.25) is 5.02 Å². The summed E-state index contributed by atoms with van der Waals surface area (Å²) in [6.07, 6.45) is 0. The zero-order valence-corrected chi connectivity index (χ0v) is 10.4. The van der Waals surface area contributed by atoms with E-state index in [0.29, 0.717) is 16.5 Å². The Morgan fingerprint density at radius 3 is 2.44 bits per heavy atom. The van der Waals surface area contributed by atoms with E-state index in [1.54, 1.807) is 24.3 Å². The summed E-state index contributed by atoms with van der Waals surface area (Å²) in [5, 5.41) is 0.591. The van der Waals surface area contributed by atoms with Crippen molar-refractivity contribution in [3.05, 3.63) is 58.9 Å². The highest BCUT2D eigenvalue weighted by Gasteiger charge is 2.10. The summed E-state index contributed by atoms with van der Waals surface area (Å²) in [6, 6.07) is 10.5. The Morgan fingerprint density at radius 2 is 1.83 bits per heavy atom. The number of carbonyl (C=O) groups is 1. The minimum atomic E-state index is -0.469. The van der Waals surface area contributed by atoms with E-state index in [1.807, 2.05) is 0 Å². The molecular weight excluding hydrogens is 255 g/mol. The molecule has 0 fully saturated rings. The first-order chi connectivity index (χ1) is 8.56. The van der Waals surface area contributed by atoms with Gasteiger partial charge in [0.15, 0.2) is 5.78 Å². The van der Waals surface area contributed by atoms with Crippen LogP contribution in [0.3, 0.4) is 0 Å². The third-order valence-electron chi connectivity index (χ3n) is 2.36. The molecular formula is C14H10ClFO2. The van der Waals surface area contributed by atoms with Crippen LogP contribution in [0.5, 0.6) is 11.5 Å². The lowest BCUT2D eigenvalue weighted by atomic mass is 10.1. The maximum Gasteiger partial charge on any atom is 0.163 e. The van der Waals surface area contributed by atoms with Gasteiger partial charge in [0.05, 0.1) is 5.56 Å². The number of benzene rings is 2. The van der Waals surface area contributed by atoms with Crippen molar-refractivity contribution in [2.75, 3.05) is 0 Å². The van der Waals surface area contributed by atoms with Crippen molar-refractivity contribution in [2.45, 2.75) is 6.92 Å². The van der Waals surface area contributed by atoms with E-state index in [4.69, 9.17) is 16.3 Å². The van der Waals surface area contributed by atoms with Gasteiger partial charge in [0.1, 0.15) is 17.3 Å². The standard InChI is InChI=1S/C14H10ClFO2/c1-9(17)13-8-11(16)4-7-14(13)18-12-5-2-10(15)3-6-12/h2-8H,1H3. The van der Waals surface area contributed by atoms with Crippen molar-refractivity contribution >= 4 is 17.4 Å². The minimum Gasteiger partial charge on any atom is -0.457 e. The maximum absolute atomic E-state index is 13.1. The average molecular weight is 265 g/mol. The van der Waals surface area contributed by atoms with Gasteiger partial charge in [-0.1, -0.05) is 11.6 Å². The van der Waals surface area contributed by atoms with Gasteiger partial charge in [-0.25, -0.2) is 4.39 Å². The molecule has 18 heavy (non-hydrogen) atoms. The highest BCUT2D eigenvalue weighted by Crippen LogP contribution is 2.27. The van der Waals surface area contributed by atoms with Crippen LogP contribution < -0.4 is 4.74 Å². The van der Waals surface area contributed by atoms with E-state index in [-0.39, 0.29) is 11.3 Å². The van der Waals surface area contributed by atoms with Crippen LogP contribution in [-0.2, 0) is 0 Å². The Bertz CT molecular complexity index is 579. The molecule has 2 aromatic carbocycles. The summed E-state index contributed by atoms with van der Waals surface area (Å²) >= 11 is 5.76. The van der Waals surface area contributed by atoms with Gasteiger partial charge in [-0.15, -0.1) is 0 Å². The van der Waals surface area contributed by atoms with Gasteiger partial charge in [-0.3, -0.25) is 4.79 Å². The monoisotopic (exact) mass is 264 g/mol. The summed E-state index contributed by atoms with van der Waals surface area (Å²) in [4.78, 5) is 11.4. The van der Waals surface area contributed by atoms with Crippen LogP contribution in [0.1, 0.15) is 17.3 Å². The number of Topliss-reactive ketones (excluding diaryl/α,β-unsaturated/α-hetero) is 1. The Hall–Kier alpha value is -1.87. The Morgan fingerprint density at radius 1 is 1.17 bits per heavy atom. The van der Waals surface area contributed by atoms with Gasteiger partial charge in [-0.2, -0.15) is 0 Å². The van der Waals surface area contributed by atoms with Crippen molar-refractivity contribution in [3.63, 3.8) is 0 Å². The molecule has 0 radical (unpaired) electrons. The number of hydrogen-bond donors (Lipinski definition) is 0. The zero-order valence-electron chi connectivity index (χ0n) is 9.61. The van der Waals surface area contributed by atoms with Crippen LogP contribution >= 0.6 is 11.6 Å². The summed E-state index contributed by atoms with van der Waals surface area (Å²) < 4.78 is 18.6. The lowest BCUT2D eigenvalue weighted by Crippen LogP contribution is -1.98. The SMILES string of the molecule is CC(=O)c1cc(F)ccc1Oc1ccc(Cl)cc1. The fraction of sp³-hybridized carbons (Fsp3) is 0.0714. The Balaban J connectivity index is 2.34. The lowest BCUT2D eigenvalue weighted by Gasteiger charge is -2.09. The lowest BCUT2D eigenvalue weighted by molar-refractivity contribution is 0.101. The maximum atomic E-state index is 13.1. The predicted molar refractivity (Wildman–Crippen MR) is 67.9 cm³/mol. The molecule has 2 nitrogen and oxygen atoms in total. The highest BCUT2D eigenvalue weighted by molar-refractivity contribution is 6.30. The van der Waals surface area contributed by atoms with E-state index in [1.165, 1.54) is 19.1 Å². The molecule has 0 heterocycles. The first-order valence-electron chi connectivity index (χ1n) is 5.30. The number of hydrogen-bond acceptors (Lipinski definition) is 2. The van der Waals surface area contributed by atoms with Crippen LogP contribution in [0.25, 0.3) is 0 Å². The van der Waals surface area contributed by atoms with Gasteiger partial charge in [0.2, 0.25) is 0 Å². The highest BCUT2D eigenvalue weighted by atomic mass is 35.5. The molecule has 0 saturated heterocycles. The summed E-state index contributed by atoms with van der Waals surface area (Å²) in [5.41, 5.74) is 0.213. The first kappa shape index (κ1) is 12.6. The third-order valence-corrected chi connectivity index (χ3v) is 2.61. The minimum absolute atomic E-state index is 0.213. The van der Waals surface area contributed by atoms with Gasteiger partial charge in [0.25, 0.3) is 0 Å². The Labute approximate surface area is 109 Å². The second kappa shape index (κ2) is 5.19. The van der Waals surface area contributed by atoms with Gasteiger partial charge in [-0.05, 0) is 49.4 Å². The molecule has 0 atom stereocenters. The normalized spacial score (nSPS) is 10.2. The van der Waals surface area contributed by atoms with Crippen LogP contribution in [0.15, 0.2) is 42.5 Å². The van der Waals surface area contributed by atoms with Crippen LogP contribution in [-0.4, -0.2) is 5.78 Å². The molecule has 0 aliphatic heterocycles. The molecule has 0 unspecified atom stereocenters. The van der Waals surface area contributed by atoms with E-state index in [9.17, 15) is 9.18 Å². The Kier molecular flexibility index (Phi) is 3.63. The number of ketones is 1. The quantitative estimate of drug-likeness (QED) is 0.765. The number of rotatable bonds is 3. The molecule has 4 heteroatoms. The van der Waals surface area contributed by atoms with Crippen LogP contribution in [0, 0.1) is 5.82 Å². The molecule has 92 valence electrons. The summed E-state index contributed by atoms with van der Waals surface area (Å²) in [6.45, 7) is 1.36. The van der Waals surface area contributed by atoms with Crippen molar-refractivity contribution in [2.24, 2.45) is 0 Å². The van der Waals surface area contributed by atoms with Crippen molar-refractivity contribution in [3.8, 4) is 11.5 Å². The molecule has 2 aromatic rings. The third kappa shape index (κ3) is 2.87. The molecule has 0 aromatic heterocycles. The van der Waals surface area contributed by atoms with Crippen LogP contribution in [0.4, 0.5) is 4.39 Å². The van der Waals surface area contributed by atoms with E-state index < -0.39 is 5.82 Å². The molecule has 0 amide bonds. The molecule has 2 rings (SSSR count). The molecule has 0 spiro atoms. The molecule has 0 N–H and O–H groups in total. The summed E-state index contributed by atoms with van der Waals surface area (Å²) in [7, 11) is 0. The number of ether oxygens (including phenoxy) is 1. The largest absolute Gasteiger partial charge is 0.457 e. The second-order valence-electron chi connectivity index (χ2n) is 3.75. The first-order valence-corrected chi connectivity index (χ1v) is 5.68. The summed E-state index contributed by atoms with van der Waals surface area (Å²) in [5.74, 6) is 0.141. The van der Waals surface area contributed by atoms with E-state index in [0.717, 1.165) is 6.07 Å². The van der Waals surface area contributed by atoms with Crippen molar-refractivity contribution in [1.29, 1.82) is 0 Å². The number of carbonyl (C=O) groups excluding carboxylic acids is 1. The second-order valence-corrected chi connectivity index (χ2v) is 4.19.